The predicted molar refractivity (Wildman–Crippen MR) is 156 cm³/mol. The van der Waals surface area contributed by atoms with Crippen LogP contribution in [0.25, 0.3) is 0 Å². The monoisotopic (exact) mass is 547 g/mol. The molecular weight excluding hydrogens is 506 g/mol. The number of hydrogen-bond acceptors (Lipinski definition) is 6. The summed E-state index contributed by atoms with van der Waals surface area (Å²) in [7, 11) is 2.00. The van der Waals surface area contributed by atoms with Gasteiger partial charge < -0.3 is 30.3 Å². The molecule has 214 valence electrons. The van der Waals surface area contributed by atoms with Crippen molar-refractivity contribution in [2.45, 2.75) is 58.0 Å². The summed E-state index contributed by atoms with van der Waals surface area (Å²) in [5.74, 6) is 0.0124. The van der Waals surface area contributed by atoms with Crippen LogP contribution in [0.3, 0.4) is 0 Å². The van der Waals surface area contributed by atoms with E-state index in [0.717, 1.165) is 22.3 Å². The number of benzene rings is 3. The Hall–Kier alpha value is -3.27. The van der Waals surface area contributed by atoms with Gasteiger partial charge in [-0.05, 0) is 49.7 Å². The summed E-state index contributed by atoms with van der Waals surface area (Å²) in [6, 6.07) is 24.6. The van der Waals surface area contributed by atoms with Gasteiger partial charge in [0.2, 0.25) is 0 Å². The smallest absolute Gasteiger partial charge is 0.319 e. The molecule has 0 saturated carbocycles. The van der Waals surface area contributed by atoms with Crippen molar-refractivity contribution in [3.63, 3.8) is 0 Å². The largest absolute Gasteiger partial charge is 0.392 e. The standard InChI is InChI=1S/C32H41N3O5/c1-5-33-32(38)34-27-17-15-26(16-18-27)31-39-28(19-35(4)22(3)29(37)24-9-7-6-8-10-24)21(2)30(40-31)25-13-11-23(20-36)12-14-25/h6-18,21-22,28-31,36-37H,5,19-20H2,1-4H3,(H2,33,34,38)/t21-,22-,28+,29-,30+,31+/m1/s1. The van der Waals surface area contributed by atoms with Crippen molar-refractivity contribution >= 4 is 11.7 Å². The number of ether oxygens (including phenoxy) is 2. The molecule has 0 bridgehead atoms. The Morgan fingerprint density at radius 3 is 2.25 bits per heavy atom. The zero-order chi connectivity index (χ0) is 28.6. The molecule has 3 aromatic rings. The van der Waals surface area contributed by atoms with Gasteiger partial charge in [0, 0.05) is 36.3 Å². The molecule has 0 spiro atoms. The van der Waals surface area contributed by atoms with E-state index in [0.29, 0.717) is 18.8 Å². The number of anilines is 1. The van der Waals surface area contributed by atoms with Gasteiger partial charge in [0.15, 0.2) is 6.29 Å². The minimum Gasteiger partial charge on any atom is -0.392 e. The lowest BCUT2D eigenvalue weighted by Gasteiger charge is -2.43. The van der Waals surface area contributed by atoms with E-state index in [1.54, 1.807) is 0 Å². The highest BCUT2D eigenvalue weighted by atomic mass is 16.7. The number of amides is 2. The highest BCUT2D eigenvalue weighted by Crippen LogP contribution is 2.42. The molecule has 8 nitrogen and oxygen atoms in total. The Morgan fingerprint density at radius 2 is 1.62 bits per heavy atom. The summed E-state index contributed by atoms with van der Waals surface area (Å²) in [4.78, 5) is 14.0. The average molecular weight is 548 g/mol. The Balaban J connectivity index is 1.55. The second kappa shape index (κ2) is 13.9. The molecule has 8 heteroatoms. The molecule has 3 aromatic carbocycles. The van der Waals surface area contributed by atoms with E-state index in [1.165, 1.54) is 0 Å². The minimum atomic E-state index is -0.635. The third-order valence-corrected chi connectivity index (χ3v) is 7.66. The molecule has 1 aliphatic heterocycles. The van der Waals surface area contributed by atoms with E-state index in [2.05, 4.69) is 22.5 Å². The van der Waals surface area contributed by atoms with Crippen molar-refractivity contribution in [3.8, 4) is 0 Å². The molecule has 4 N–H and O–H groups in total. The van der Waals surface area contributed by atoms with Crippen LogP contribution in [0.4, 0.5) is 10.5 Å². The quantitative estimate of drug-likeness (QED) is 0.279. The normalized spacial score (nSPS) is 22.5. The van der Waals surface area contributed by atoms with E-state index in [-0.39, 0.29) is 36.8 Å². The van der Waals surface area contributed by atoms with Crippen molar-refractivity contribution in [1.82, 2.24) is 10.2 Å². The lowest BCUT2D eigenvalue weighted by atomic mass is 9.89. The van der Waals surface area contributed by atoms with Gasteiger partial charge in [-0.15, -0.1) is 0 Å². The first-order valence-corrected chi connectivity index (χ1v) is 13.9. The molecule has 6 atom stereocenters. The molecule has 0 unspecified atom stereocenters. The first-order chi connectivity index (χ1) is 19.3. The molecule has 40 heavy (non-hydrogen) atoms. The number of carbonyl (C=O) groups is 1. The molecule has 1 heterocycles. The molecule has 1 fully saturated rings. The van der Waals surface area contributed by atoms with Crippen LogP contribution >= 0.6 is 0 Å². The zero-order valence-electron chi connectivity index (χ0n) is 23.7. The Morgan fingerprint density at radius 1 is 0.975 bits per heavy atom. The second-order valence-electron chi connectivity index (χ2n) is 10.5. The number of urea groups is 1. The van der Waals surface area contributed by atoms with Gasteiger partial charge in [-0.1, -0.05) is 73.7 Å². The van der Waals surface area contributed by atoms with Gasteiger partial charge in [-0.3, -0.25) is 4.90 Å². The number of nitrogens with one attached hydrogen (secondary N) is 2. The maximum absolute atomic E-state index is 11.9. The maximum Gasteiger partial charge on any atom is 0.319 e. The first kappa shape index (κ1) is 29.7. The molecular formula is C32H41N3O5. The van der Waals surface area contributed by atoms with Crippen LogP contribution in [0, 0.1) is 5.92 Å². The molecule has 0 aliphatic carbocycles. The molecule has 0 aromatic heterocycles. The van der Waals surface area contributed by atoms with Crippen molar-refractivity contribution < 1.29 is 24.5 Å². The van der Waals surface area contributed by atoms with E-state index in [1.807, 2.05) is 99.8 Å². The lowest BCUT2D eigenvalue weighted by molar-refractivity contribution is -0.276. The summed E-state index contributed by atoms with van der Waals surface area (Å²) in [5, 5.41) is 26.1. The van der Waals surface area contributed by atoms with Crippen molar-refractivity contribution in [2.24, 2.45) is 5.92 Å². The topological polar surface area (TPSA) is 103 Å². The number of aliphatic hydroxyl groups is 2. The Bertz CT molecular complexity index is 1210. The van der Waals surface area contributed by atoms with E-state index in [4.69, 9.17) is 9.47 Å². The van der Waals surface area contributed by atoms with Gasteiger partial charge in [-0.25, -0.2) is 4.79 Å². The van der Waals surface area contributed by atoms with Crippen LogP contribution in [-0.4, -0.2) is 53.4 Å². The van der Waals surface area contributed by atoms with Crippen LogP contribution in [0.2, 0.25) is 0 Å². The number of carbonyl (C=O) groups excluding carboxylic acids is 1. The van der Waals surface area contributed by atoms with Gasteiger partial charge in [0.05, 0.1) is 24.9 Å². The number of likely N-dealkylation sites (N-methyl/N-ethyl adjacent to an activating group) is 1. The molecule has 4 rings (SSSR count). The highest BCUT2D eigenvalue weighted by molar-refractivity contribution is 5.89. The van der Waals surface area contributed by atoms with Gasteiger partial charge >= 0.3 is 6.03 Å². The van der Waals surface area contributed by atoms with Crippen molar-refractivity contribution in [3.05, 3.63) is 101 Å². The molecule has 1 aliphatic rings. The fraction of sp³-hybridized carbons (Fsp3) is 0.406. The summed E-state index contributed by atoms with van der Waals surface area (Å²) in [5.41, 5.74) is 4.25. The third kappa shape index (κ3) is 7.27. The molecule has 1 saturated heterocycles. The fourth-order valence-electron chi connectivity index (χ4n) is 5.01. The van der Waals surface area contributed by atoms with Crippen LogP contribution in [0.5, 0.6) is 0 Å². The average Bonchev–Trinajstić information content (AvgIpc) is 2.98. The van der Waals surface area contributed by atoms with Crippen LogP contribution in [-0.2, 0) is 16.1 Å². The Kier molecular flexibility index (Phi) is 10.3. The summed E-state index contributed by atoms with van der Waals surface area (Å²) < 4.78 is 13.1. The minimum absolute atomic E-state index is 0.0124. The van der Waals surface area contributed by atoms with Gasteiger partial charge in [0.1, 0.15) is 0 Å². The van der Waals surface area contributed by atoms with E-state index < -0.39 is 12.4 Å². The second-order valence-corrected chi connectivity index (χ2v) is 10.5. The summed E-state index contributed by atoms with van der Waals surface area (Å²) >= 11 is 0. The maximum atomic E-state index is 11.9. The SMILES string of the molecule is CCNC(=O)Nc1ccc([C@H]2O[C@@H](CN(C)[C@H](C)[C@@H](O)c3ccccc3)[C@@H](C)[C@@H](c3ccc(CO)cc3)O2)cc1. The predicted octanol–water partition coefficient (Wildman–Crippen LogP) is 5.17. The van der Waals surface area contributed by atoms with E-state index in [9.17, 15) is 15.0 Å². The van der Waals surface area contributed by atoms with Crippen LogP contribution in [0.1, 0.15) is 61.5 Å². The number of aliphatic hydroxyl groups excluding tert-OH is 2. The van der Waals surface area contributed by atoms with Crippen LogP contribution in [0.15, 0.2) is 78.9 Å². The lowest BCUT2D eigenvalue weighted by Crippen LogP contribution is -2.46. The highest BCUT2D eigenvalue weighted by Gasteiger charge is 2.39. The number of hydrogen-bond donors (Lipinski definition) is 4. The summed E-state index contributed by atoms with van der Waals surface area (Å²) in [6.45, 7) is 7.13. The van der Waals surface area contributed by atoms with Gasteiger partial charge in [0.25, 0.3) is 0 Å². The summed E-state index contributed by atoms with van der Waals surface area (Å²) in [6.07, 6.45) is -1.69. The Labute approximate surface area is 236 Å². The number of nitrogens with zero attached hydrogens (tertiary/aromatic N) is 1. The zero-order valence-corrected chi connectivity index (χ0v) is 23.7. The van der Waals surface area contributed by atoms with Crippen molar-refractivity contribution in [1.29, 1.82) is 0 Å². The fourth-order valence-corrected chi connectivity index (χ4v) is 5.01. The number of rotatable bonds is 10. The third-order valence-electron chi connectivity index (χ3n) is 7.66. The van der Waals surface area contributed by atoms with E-state index >= 15 is 0 Å². The van der Waals surface area contributed by atoms with Crippen LogP contribution < -0.4 is 10.6 Å². The van der Waals surface area contributed by atoms with Gasteiger partial charge in [-0.2, -0.15) is 0 Å². The first-order valence-electron chi connectivity index (χ1n) is 13.9. The molecule has 2 amide bonds. The molecule has 0 radical (unpaired) electrons. The van der Waals surface area contributed by atoms with Crippen molar-refractivity contribution in [2.75, 3.05) is 25.5 Å².